The summed E-state index contributed by atoms with van der Waals surface area (Å²) in [7, 11) is 4.00. The van der Waals surface area contributed by atoms with Crippen LogP contribution in [0.4, 0.5) is 0 Å². The lowest BCUT2D eigenvalue weighted by atomic mass is 9.83. The van der Waals surface area contributed by atoms with Crippen molar-refractivity contribution >= 4 is 23.6 Å². The molecule has 2 aliphatic rings. The van der Waals surface area contributed by atoms with Gasteiger partial charge in [0.15, 0.2) is 0 Å². The van der Waals surface area contributed by atoms with Crippen LogP contribution in [0.2, 0.25) is 0 Å². The molecule has 1 saturated heterocycles. The summed E-state index contributed by atoms with van der Waals surface area (Å²) >= 11 is 1.60. The zero-order chi connectivity index (χ0) is 19.6. The van der Waals surface area contributed by atoms with Crippen LogP contribution in [0.5, 0.6) is 0 Å². The van der Waals surface area contributed by atoms with Gasteiger partial charge in [0, 0.05) is 23.6 Å². The van der Waals surface area contributed by atoms with E-state index in [1.807, 2.05) is 44.4 Å². The van der Waals surface area contributed by atoms with Crippen LogP contribution in [0.3, 0.4) is 0 Å². The Kier molecular flexibility index (Phi) is 6.24. The number of esters is 1. The second-order valence-electron chi connectivity index (χ2n) is 7.23. The molecule has 7 heteroatoms. The van der Waals surface area contributed by atoms with Crippen LogP contribution in [0.25, 0.3) is 0 Å². The number of carbonyl (C=O) groups excluding carboxylic acids is 2. The van der Waals surface area contributed by atoms with E-state index in [9.17, 15) is 14.7 Å². The molecule has 0 aromatic heterocycles. The Bertz CT molecular complexity index is 733. The van der Waals surface area contributed by atoms with Crippen molar-refractivity contribution < 1.29 is 19.4 Å². The second-order valence-corrected chi connectivity index (χ2v) is 8.42. The lowest BCUT2D eigenvalue weighted by molar-refractivity contribution is -0.162. The molecule has 0 saturated carbocycles. The highest BCUT2D eigenvalue weighted by Gasteiger charge is 2.56. The number of β-lactam (4-membered cyclic amide) rings is 1. The predicted octanol–water partition coefficient (Wildman–Crippen LogP) is 1.85. The number of rotatable bonds is 8. The molecule has 0 unspecified atom stereocenters. The molecule has 3 atom stereocenters. The minimum atomic E-state index is -0.716. The third-order valence-electron chi connectivity index (χ3n) is 4.91. The molecule has 0 radical (unpaired) electrons. The molecule has 1 N–H and O–H groups in total. The van der Waals surface area contributed by atoms with Crippen LogP contribution in [0.15, 0.2) is 40.9 Å². The molecule has 0 aliphatic carbocycles. The van der Waals surface area contributed by atoms with Gasteiger partial charge in [-0.05, 0) is 26.6 Å². The van der Waals surface area contributed by atoms with Crippen LogP contribution in [-0.2, 0) is 20.9 Å². The van der Waals surface area contributed by atoms with Crippen molar-refractivity contribution in [1.29, 1.82) is 0 Å². The van der Waals surface area contributed by atoms with Crippen LogP contribution in [0, 0.1) is 5.92 Å². The maximum absolute atomic E-state index is 12.8. The van der Waals surface area contributed by atoms with Crippen molar-refractivity contribution in [2.45, 2.75) is 32.1 Å². The molecule has 0 bridgehead atoms. The first-order valence-corrected chi connectivity index (χ1v) is 10.1. The highest BCUT2D eigenvalue weighted by Crippen LogP contribution is 2.47. The van der Waals surface area contributed by atoms with E-state index in [1.54, 1.807) is 18.7 Å². The maximum atomic E-state index is 12.8. The fourth-order valence-corrected chi connectivity index (χ4v) is 4.80. The molecule has 2 heterocycles. The Morgan fingerprint density at radius 2 is 2.07 bits per heavy atom. The summed E-state index contributed by atoms with van der Waals surface area (Å²) in [6, 6.07) is 9.34. The van der Waals surface area contributed by atoms with Gasteiger partial charge in [0.2, 0.25) is 5.91 Å². The highest BCUT2D eigenvalue weighted by molar-refractivity contribution is 8.03. The summed E-state index contributed by atoms with van der Waals surface area (Å²) in [6.45, 7) is 2.68. The Balaban J connectivity index is 1.73. The van der Waals surface area contributed by atoms with Crippen molar-refractivity contribution in [3.8, 4) is 0 Å². The molecule has 146 valence electrons. The average molecular weight is 391 g/mol. The minimum absolute atomic E-state index is 0.140. The first-order valence-electron chi connectivity index (χ1n) is 9.13. The lowest BCUT2D eigenvalue weighted by Crippen LogP contribution is -2.61. The smallest absolute Gasteiger partial charge is 0.356 e. The van der Waals surface area contributed by atoms with E-state index in [-0.39, 0.29) is 18.6 Å². The third-order valence-corrected chi connectivity index (χ3v) is 6.00. The van der Waals surface area contributed by atoms with E-state index in [4.69, 9.17) is 4.74 Å². The van der Waals surface area contributed by atoms with Crippen LogP contribution in [0.1, 0.15) is 18.9 Å². The number of aliphatic hydroxyl groups is 1. The van der Waals surface area contributed by atoms with E-state index >= 15 is 0 Å². The summed E-state index contributed by atoms with van der Waals surface area (Å²) in [6.07, 6.45) is -0.110. The van der Waals surface area contributed by atoms with E-state index in [0.29, 0.717) is 12.1 Å². The van der Waals surface area contributed by atoms with Crippen molar-refractivity contribution in [2.24, 2.45) is 5.92 Å². The molecule has 1 fully saturated rings. The fourth-order valence-electron chi connectivity index (χ4n) is 3.49. The fraction of sp³-hybridized carbons (Fsp3) is 0.500. The Hall–Kier alpha value is -1.83. The van der Waals surface area contributed by atoms with Gasteiger partial charge in [-0.1, -0.05) is 30.3 Å². The third kappa shape index (κ3) is 4.20. The monoisotopic (exact) mass is 390 g/mol. The minimum Gasteiger partial charge on any atom is -0.456 e. The van der Waals surface area contributed by atoms with Gasteiger partial charge >= 0.3 is 5.97 Å². The molecule has 27 heavy (non-hydrogen) atoms. The topological polar surface area (TPSA) is 70.1 Å². The van der Waals surface area contributed by atoms with Gasteiger partial charge in [0.25, 0.3) is 0 Å². The highest BCUT2D eigenvalue weighted by atomic mass is 32.2. The molecule has 1 amide bonds. The van der Waals surface area contributed by atoms with Crippen molar-refractivity contribution in [2.75, 3.05) is 26.4 Å². The number of ether oxygens (including phenoxy) is 1. The number of amides is 1. The number of nitrogens with zero attached hydrogens (tertiary/aromatic N) is 2. The van der Waals surface area contributed by atoms with Gasteiger partial charge in [-0.15, -0.1) is 11.8 Å². The Morgan fingerprint density at radius 1 is 1.37 bits per heavy atom. The summed E-state index contributed by atoms with van der Waals surface area (Å²) in [5.41, 5.74) is 1.26. The molecular weight excluding hydrogens is 364 g/mol. The van der Waals surface area contributed by atoms with Gasteiger partial charge in [0.1, 0.15) is 12.3 Å². The number of carbonyl (C=O) groups is 2. The largest absolute Gasteiger partial charge is 0.456 e. The zero-order valence-corrected chi connectivity index (χ0v) is 16.7. The van der Waals surface area contributed by atoms with Gasteiger partial charge < -0.3 is 19.6 Å². The Labute approximate surface area is 164 Å². The molecule has 3 rings (SSSR count). The van der Waals surface area contributed by atoms with Crippen molar-refractivity contribution in [3.63, 3.8) is 0 Å². The normalized spacial score (nSPS) is 22.7. The molecular formula is C20H26N2O4S. The Morgan fingerprint density at radius 3 is 2.70 bits per heavy atom. The summed E-state index contributed by atoms with van der Waals surface area (Å²) in [5, 5.41) is 9.91. The summed E-state index contributed by atoms with van der Waals surface area (Å²) in [5.74, 6) is -0.267. The van der Waals surface area contributed by atoms with Gasteiger partial charge in [-0.3, -0.25) is 4.79 Å². The van der Waals surface area contributed by atoms with Gasteiger partial charge in [0.05, 0.1) is 18.1 Å². The predicted molar refractivity (Wildman–Crippen MR) is 105 cm³/mol. The summed E-state index contributed by atoms with van der Waals surface area (Å²) in [4.78, 5) is 29.8. The standard InChI is InChI=1S/C20H26N2O4S/c1-13(23)17-15-11-16(27-10-9-21(2)3)18(22(15)19(17)24)20(25)26-12-14-7-5-4-6-8-14/h4-8,13,15,17,23H,9-12H2,1-3H3/t13-,15-,17-/m1/s1. The summed E-state index contributed by atoms with van der Waals surface area (Å²) < 4.78 is 5.49. The molecule has 1 aromatic rings. The molecule has 2 aliphatic heterocycles. The van der Waals surface area contributed by atoms with E-state index in [0.717, 1.165) is 22.8 Å². The SMILES string of the molecule is C[C@@H](O)[C@H]1C(=O)N2C(C(=O)OCc3ccccc3)=C(SCCN(C)C)C[C@H]12. The molecule has 0 spiro atoms. The first-order chi connectivity index (χ1) is 12.9. The van der Waals surface area contributed by atoms with Crippen LogP contribution < -0.4 is 0 Å². The molecule has 1 aromatic carbocycles. The lowest BCUT2D eigenvalue weighted by Gasteiger charge is -2.44. The van der Waals surface area contributed by atoms with Crippen LogP contribution in [-0.4, -0.2) is 65.3 Å². The zero-order valence-electron chi connectivity index (χ0n) is 15.9. The number of thioether (sulfide) groups is 1. The average Bonchev–Trinajstić information content (AvgIpc) is 2.94. The second kappa shape index (κ2) is 8.46. The number of fused-ring (bicyclic) bond motifs is 1. The van der Waals surface area contributed by atoms with Crippen molar-refractivity contribution in [1.82, 2.24) is 9.80 Å². The van der Waals surface area contributed by atoms with Gasteiger partial charge in [-0.2, -0.15) is 0 Å². The van der Waals surface area contributed by atoms with Crippen molar-refractivity contribution in [3.05, 3.63) is 46.5 Å². The van der Waals surface area contributed by atoms with Crippen LogP contribution >= 0.6 is 11.8 Å². The van der Waals surface area contributed by atoms with E-state index < -0.39 is 18.0 Å². The number of benzene rings is 1. The first kappa shape index (κ1) is 19.9. The maximum Gasteiger partial charge on any atom is 0.356 e. The van der Waals surface area contributed by atoms with E-state index in [1.165, 1.54) is 4.90 Å². The molecule has 6 nitrogen and oxygen atoms in total. The quantitative estimate of drug-likeness (QED) is 0.540. The number of hydrogen-bond acceptors (Lipinski definition) is 6. The van der Waals surface area contributed by atoms with E-state index in [2.05, 4.69) is 4.90 Å². The number of hydrogen-bond donors (Lipinski definition) is 1. The number of aliphatic hydroxyl groups excluding tert-OH is 1. The van der Waals surface area contributed by atoms with Gasteiger partial charge in [-0.25, -0.2) is 4.79 Å².